The maximum atomic E-state index is 12.0. The Balaban J connectivity index is 2.80. The number of benzene rings is 1. The van der Waals surface area contributed by atoms with Crippen LogP contribution < -0.4 is 4.74 Å². The second kappa shape index (κ2) is 5.83. The van der Waals surface area contributed by atoms with Crippen LogP contribution in [-0.4, -0.2) is 21.9 Å². The molecule has 0 heterocycles. The summed E-state index contributed by atoms with van der Waals surface area (Å²) in [5.74, 6) is -0.335. The molecule has 7 heteroatoms. The van der Waals surface area contributed by atoms with Crippen molar-refractivity contribution in [2.75, 3.05) is 0 Å². The highest BCUT2D eigenvalue weighted by Gasteiger charge is 2.31. The zero-order valence-electron chi connectivity index (χ0n) is 10.7. The summed E-state index contributed by atoms with van der Waals surface area (Å²) < 4.78 is 54.8. The van der Waals surface area contributed by atoms with Crippen molar-refractivity contribution in [1.29, 1.82) is 0 Å². The van der Waals surface area contributed by atoms with Gasteiger partial charge in [0.15, 0.2) is 0 Å². The molecular formula is C12H14F3NO2S. The van der Waals surface area contributed by atoms with Gasteiger partial charge in [0.05, 0.1) is 6.21 Å². The van der Waals surface area contributed by atoms with Gasteiger partial charge in [0.2, 0.25) is 0 Å². The minimum absolute atomic E-state index is 0.335. The van der Waals surface area contributed by atoms with Crippen LogP contribution in [0, 0.1) is 0 Å². The minimum atomic E-state index is -4.73. The number of hydrogen-bond acceptors (Lipinski definition) is 3. The van der Waals surface area contributed by atoms with Crippen molar-refractivity contribution < 1.29 is 22.5 Å². The molecule has 1 aromatic rings. The van der Waals surface area contributed by atoms with E-state index in [9.17, 15) is 17.7 Å². The Morgan fingerprint density at radius 3 is 2.42 bits per heavy atom. The average Bonchev–Trinajstić information content (AvgIpc) is 2.22. The van der Waals surface area contributed by atoms with Gasteiger partial charge in [0.25, 0.3) is 0 Å². The standard InChI is InChI=1S/C12H14F3NO2S/c1-11(2,3)19(17)16-8-9-5-4-6-10(7-9)18-12(13,14)15/h4-8H,1-3H3. The third-order valence-corrected chi connectivity index (χ3v) is 3.26. The van der Waals surface area contributed by atoms with Crippen LogP contribution in [0.2, 0.25) is 0 Å². The Morgan fingerprint density at radius 1 is 1.26 bits per heavy atom. The Kier molecular flexibility index (Phi) is 4.86. The van der Waals surface area contributed by atoms with Crippen LogP contribution in [0.4, 0.5) is 13.2 Å². The molecule has 0 spiro atoms. The van der Waals surface area contributed by atoms with Crippen molar-refractivity contribution in [2.24, 2.45) is 4.40 Å². The summed E-state index contributed by atoms with van der Waals surface area (Å²) in [6.45, 7) is 5.26. The van der Waals surface area contributed by atoms with E-state index in [2.05, 4.69) is 9.13 Å². The molecule has 0 aliphatic carbocycles. The molecule has 0 fully saturated rings. The van der Waals surface area contributed by atoms with Crippen LogP contribution in [0.15, 0.2) is 28.7 Å². The van der Waals surface area contributed by atoms with Gasteiger partial charge < -0.3 is 9.29 Å². The predicted molar refractivity (Wildman–Crippen MR) is 68.6 cm³/mol. The van der Waals surface area contributed by atoms with Gasteiger partial charge in [0.1, 0.15) is 21.9 Å². The van der Waals surface area contributed by atoms with Crippen LogP contribution in [0.5, 0.6) is 5.75 Å². The summed E-state index contributed by atoms with van der Waals surface area (Å²) in [7, 11) is 0. The molecule has 0 N–H and O–H groups in total. The lowest BCUT2D eigenvalue weighted by Crippen LogP contribution is -2.25. The summed E-state index contributed by atoms with van der Waals surface area (Å²) in [5, 5.41) is 0. The second-order valence-electron chi connectivity index (χ2n) is 4.72. The Hall–Kier alpha value is -1.21. The first kappa shape index (κ1) is 15.8. The third-order valence-electron chi connectivity index (χ3n) is 1.91. The highest BCUT2D eigenvalue weighted by atomic mass is 32.2. The van der Waals surface area contributed by atoms with E-state index in [1.807, 2.05) is 0 Å². The zero-order chi connectivity index (χ0) is 14.7. The van der Waals surface area contributed by atoms with E-state index in [1.165, 1.54) is 24.4 Å². The van der Waals surface area contributed by atoms with Gasteiger partial charge in [-0.1, -0.05) is 16.5 Å². The fourth-order valence-corrected chi connectivity index (χ4v) is 1.59. The number of alkyl halides is 3. The summed E-state index contributed by atoms with van der Waals surface area (Å²) in [6.07, 6.45) is -3.46. The molecule has 0 radical (unpaired) electrons. The minimum Gasteiger partial charge on any atom is -0.591 e. The molecule has 0 bridgehead atoms. The Bertz CT molecular complexity index is 455. The fraction of sp³-hybridized carbons (Fsp3) is 0.417. The normalized spacial score (nSPS) is 14.7. The monoisotopic (exact) mass is 293 g/mol. The molecule has 1 aromatic carbocycles. The first-order valence-electron chi connectivity index (χ1n) is 5.40. The van der Waals surface area contributed by atoms with E-state index in [1.54, 1.807) is 26.8 Å². The summed E-state index contributed by atoms with van der Waals surface area (Å²) in [4.78, 5) is 0. The van der Waals surface area contributed by atoms with Crippen LogP contribution in [0.3, 0.4) is 0 Å². The first-order valence-corrected chi connectivity index (χ1v) is 6.50. The number of halogens is 3. The van der Waals surface area contributed by atoms with E-state index < -0.39 is 22.5 Å². The number of hydrogen-bond donors (Lipinski definition) is 0. The molecule has 19 heavy (non-hydrogen) atoms. The van der Waals surface area contributed by atoms with Gasteiger partial charge >= 0.3 is 6.36 Å². The third kappa shape index (κ3) is 5.98. The van der Waals surface area contributed by atoms with Crippen LogP contribution in [0.1, 0.15) is 26.3 Å². The molecule has 3 nitrogen and oxygen atoms in total. The maximum Gasteiger partial charge on any atom is 0.573 e. The molecule has 0 aliphatic rings. The lowest BCUT2D eigenvalue weighted by atomic mass is 10.2. The van der Waals surface area contributed by atoms with E-state index in [0.29, 0.717) is 5.56 Å². The van der Waals surface area contributed by atoms with Gasteiger partial charge in [0, 0.05) is 5.56 Å². The Labute approximate surface area is 112 Å². The molecule has 1 rings (SSSR count). The summed E-state index contributed by atoms with van der Waals surface area (Å²) in [5.41, 5.74) is 0.388. The predicted octanol–water partition coefficient (Wildman–Crippen LogP) is 3.47. The van der Waals surface area contributed by atoms with E-state index in [-0.39, 0.29) is 5.75 Å². The van der Waals surface area contributed by atoms with E-state index in [0.717, 1.165) is 0 Å². The molecule has 1 unspecified atom stereocenters. The van der Waals surface area contributed by atoms with E-state index >= 15 is 0 Å². The Morgan fingerprint density at radius 2 is 1.89 bits per heavy atom. The van der Waals surface area contributed by atoms with Crippen molar-refractivity contribution in [3.63, 3.8) is 0 Å². The summed E-state index contributed by atoms with van der Waals surface area (Å²) in [6, 6.07) is 5.32. The molecule has 0 saturated carbocycles. The van der Waals surface area contributed by atoms with Crippen molar-refractivity contribution >= 4 is 17.6 Å². The average molecular weight is 293 g/mol. The SMILES string of the molecule is CC(C)(C)[S+]([O-])N=Cc1cccc(OC(F)(F)F)c1. The fourth-order valence-electron chi connectivity index (χ4n) is 1.06. The largest absolute Gasteiger partial charge is 0.591 e. The van der Waals surface area contributed by atoms with Crippen molar-refractivity contribution in [3.05, 3.63) is 29.8 Å². The van der Waals surface area contributed by atoms with Crippen LogP contribution in [-0.2, 0) is 11.4 Å². The highest BCUT2D eigenvalue weighted by molar-refractivity contribution is 7.91. The summed E-state index contributed by atoms with van der Waals surface area (Å²) >= 11 is -1.46. The van der Waals surface area contributed by atoms with Crippen molar-refractivity contribution in [2.45, 2.75) is 31.9 Å². The van der Waals surface area contributed by atoms with Crippen LogP contribution in [0.25, 0.3) is 0 Å². The number of nitrogens with zero attached hydrogens (tertiary/aromatic N) is 1. The quantitative estimate of drug-likeness (QED) is 0.632. The van der Waals surface area contributed by atoms with Crippen molar-refractivity contribution in [1.82, 2.24) is 0 Å². The highest BCUT2D eigenvalue weighted by Crippen LogP contribution is 2.23. The number of rotatable bonds is 3. The molecule has 1 atom stereocenters. The lowest BCUT2D eigenvalue weighted by molar-refractivity contribution is -0.274. The van der Waals surface area contributed by atoms with E-state index in [4.69, 9.17) is 0 Å². The molecule has 0 aromatic heterocycles. The van der Waals surface area contributed by atoms with Gasteiger partial charge in [-0.3, -0.25) is 0 Å². The van der Waals surface area contributed by atoms with Crippen molar-refractivity contribution in [3.8, 4) is 5.75 Å². The molecule has 0 amide bonds. The zero-order valence-corrected chi connectivity index (χ0v) is 11.5. The molecular weight excluding hydrogens is 279 g/mol. The topological polar surface area (TPSA) is 44.7 Å². The molecule has 0 aliphatic heterocycles. The van der Waals surface area contributed by atoms with Crippen LogP contribution >= 0.6 is 0 Å². The first-order chi connectivity index (χ1) is 8.58. The molecule has 106 valence electrons. The van der Waals surface area contributed by atoms with Gasteiger partial charge in [-0.25, -0.2) is 0 Å². The lowest BCUT2D eigenvalue weighted by Gasteiger charge is -2.17. The smallest absolute Gasteiger partial charge is 0.573 e. The number of ether oxygens (including phenoxy) is 1. The molecule has 0 saturated heterocycles. The van der Waals surface area contributed by atoms with Gasteiger partial charge in [-0.15, -0.1) is 13.2 Å². The second-order valence-corrected chi connectivity index (χ2v) is 6.65. The maximum absolute atomic E-state index is 12.0. The van der Waals surface area contributed by atoms with Gasteiger partial charge in [-0.05, 0) is 32.9 Å². The van der Waals surface area contributed by atoms with Gasteiger partial charge in [-0.2, -0.15) is 0 Å².